The number of carbonyl (C=O) groups is 2. The quantitative estimate of drug-likeness (QED) is 0.890. The molecule has 3 aliphatic heterocycles. The monoisotopic (exact) mass is 358 g/mol. The molecule has 0 aromatic carbocycles. The lowest BCUT2D eigenvalue weighted by Crippen LogP contribution is -2.47. The summed E-state index contributed by atoms with van der Waals surface area (Å²) in [6, 6.07) is 3.14. The summed E-state index contributed by atoms with van der Waals surface area (Å²) in [5, 5.41) is 1.94. The zero-order valence-corrected chi connectivity index (χ0v) is 14.4. The summed E-state index contributed by atoms with van der Waals surface area (Å²) in [7, 11) is 0. The third-order valence-electron chi connectivity index (χ3n) is 4.94. The molecule has 2 atom stereocenters. The summed E-state index contributed by atoms with van der Waals surface area (Å²) >= 11 is 1.51. The van der Waals surface area contributed by atoms with Crippen molar-refractivity contribution in [1.82, 2.24) is 19.8 Å². The van der Waals surface area contributed by atoms with Crippen LogP contribution in [0.1, 0.15) is 28.9 Å². The molecule has 130 valence electrons. The minimum atomic E-state index is -0.394. The number of pyridine rings is 1. The van der Waals surface area contributed by atoms with Crippen molar-refractivity contribution in [1.29, 1.82) is 0 Å². The lowest BCUT2D eigenvalue weighted by atomic mass is 9.94. The summed E-state index contributed by atoms with van der Waals surface area (Å²) in [6.07, 6.45) is 3.16. The van der Waals surface area contributed by atoms with E-state index in [2.05, 4.69) is 9.97 Å². The van der Waals surface area contributed by atoms with E-state index in [-0.39, 0.29) is 29.3 Å². The van der Waals surface area contributed by atoms with Crippen LogP contribution in [0.2, 0.25) is 0 Å². The van der Waals surface area contributed by atoms with Gasteiger partial charge in [-0.3, -0.25) is 14.4 Å². The molecule has 2 amide bonds. The summed E-state index contributed by atoms with van der Waals surface area (Å²) in [4.78, 5) is 47.8. The topological polar surface area (TPSA) is 86.4 Å². The maximum Gasteiger partial charge on any atom is 0.260 e. The predicted octanol–water partition coefficient (Wildman–Crippen LogP) is 1.09. The molecule has 2 aromatic heterocycles. The van der Waals surface area contributed by atoms with Crippen molar-refractivity contribution < 1.29 is 9.59 Å². The fourth-order valence-corrected chi connectivity index (χ4v) is 4.21. The number of hydrogen-bond donors (Lipinski definition) is 1. The van der Waals surface area contributed by atoms with Crippen molar-refractivity contribution in [2.75, 3.05) is 13.1 Å². The zero-order valence-electron chi connectivity index (χ0n) is 13.6. The third kappa shape index (κ3) is 2.97. The number of nitrogens with one attached hydrogen (secondary N) is 1. The lowest BCUT2D eigenvalue weighted by molar-refractivity contribution is -0.140. The van der Waals surface area contributed by atoms with Crippen LogP contribution in [0.4, 0.5) is 0 Å². The highest BCUT2D eigenvalue weighted by Crippen LogP contribution is 2.30. The van der Waals surface area contributed by atoms with E-state index in [4.69, 9.17) is 0 Å². The van der Waals surface area contributed by atoms with Gasteiger partial charge < -0.3 is 14.8 Å². The average Bonchev–Trinajstić information content (AvgIpc) is 2.98. The molecule has 7 nitrogen and oxygen atoms in total. The molecule has 1 N–H and O–H groups in total. The van der Waals surface area contributed by atoms with Crippen LogP contribution in [0, 0.1) is 5.92 Å². The van der Waals surface area contributed by atoms with Crippen LogP contribution < -0.4 is 5.56 Å². The number of aromatic nitrogens is 2. The Morgan fingerprint density at radius 3 is 2.96 bits per heavy atom. The molecule has 3 aliphatic rings. The van der Waals surface area contributed by atoms with Crippen molar-refractivity contribution >= 4 is 23.2 Å². The molecule has 3 saturated heterocycles. The van der Waals surface area contributed by atoms with Crippen molar-refractivity contribution in [3.8, 4) is 0 Å². The fraction of sp³-hybridized carbons (Fsp3) is 0.412. The van der Waals surface area contributed by atoms with E-state index in [1.165, 1.54) is 23.6 Å². The molecule has 0 aliphatic carbocycles. The minimum absolute atomic E-state index is 0.0281. The normalized spacial score (nSPS) is 23.0. The van der Waals surface area contributed by atoms with Crippen molar-refractivity contribution in [3.63, 3.8) is 0 Å². The van der Waals surface area contributed by atoms with Crippen LogP contribution in [-0.2, 0) is 11.3 Å². The molecule has 8 heteroatoms. The third-order valence-corrected chi connectivity index (χ3v) is 5.58. The number of H-pyrrole nitrogens is 1. The van der Waals surface area contributed by atoms with Crippen LogP contribution >= 0.6 is 11.3 Å². The van der Waals surface area contributed by atoms with Crippen LogP contribution in [-0.4, -0.2) is 50.7 Å². The molecule has 3 fully saturated rings. The Morgan fingerprint density at radius 1 is 1.32 bits per heavy atom. The van der Waals surface area contributed by atoms with E-state index >= 15 is 0 Å². The molecular formula is C17H18N4O3S. The first-order valence-corrected chi connectivity index (χ1v) is 9.22. The standard InChI is InChI=1S/C17H18N4O3S/c22-15-14(2-1-5-18-15)17(24)20-6-11-3-4-13(8-20)21(16(11)23)7-12-9-25-10-19-12/h1-2,5,9-11,13H,3-4,6-8H2,(H,18,22)/t11-,13+/m0/s1. The van der Waals surface area contributed by atoms with E-state index < -0.39 is 5.56 Å². The van der Waals surface area contributed by atoms with Gasteiger partial charge in [-0.15, -0.1) is 11.3 Å². The summed E-state index contributed by atoms with van der Waals surface area (Å²) in [5.74, 6) is -0.423. The Kier molecular flexibility index (Phi) is 4.12. The van der Waals surface area contributed by atoms with Gasteiger partial charge in [-0.1, -0.05) is 0 Å². The van der Waals surface area contributed by atoms with Gasteiger partial charge >= 0.3 is 0 Å². The van der Waals surface area contributed by atoms with Gasteiger partial charge in [0.2, 0.25) is 5.91 Å². The molecule has 0 unspecified atom stereocenters. The molecule has 0 saturated carbocycles. The molecular weight excluding hydrogens is 340 g/mol. The molecule has 2 aromatic rings. The average molecular weight is 358 g/mol. The van der Waals surface area contributed by atoms with Crippen molar-refractivity contribution in [2.24, 2.45) is 5.92 Å². The second-order valence-corrected chi connectivity index (χ2v) is 7.22. The Labute approximate surface area is 148 Å². The van der Waals surface area contributed by atoms with Gasteiger partial charge in [-0.2, -0.15) is 0 Å². The van der Waals surface area contributed by atoms with Gasteiger partial charge in [0.25, 0.3) is 11.5 Å². The predicted molar refractivity (Wildman–Crippen MR) is 92.1 cm³/mol. The van der Waals surface area contributed by atoms with Gasteiger partial charge in [0.15, 0.2) is 0 Å². The molecule has 0 spiro atoms. The number of fused-ring (bicyclic) bond motifs is 4. The van der Waals surface area contributed by atoms with Gasteiger partial charge in [0, 0.05) is 30.7 Å². The summed E-state index contributed by atoms with van der Waals surface area (Å²) in [5.41, 5.74) is 2.37. The molecule has 25 heavy (non-hydrogen) atoms. The lowest BCUT2D eigenvalue weighted by Gasteiger charge is -2.35. The summed E-state index contributed by atoms with van der Waals surface area (Å²) in [6.45, 7) is 1.31. The van der Waals surface area contributed by atoms with E-state index in [9.17, 15) is 14.4 Å². The first-order valence-electron chi connectivity index (χ1n) is 8.28. The Morgan fingerprint density at radius 2 is 2.20 bits per heavy atom. The van der Waals surface area contributed by atoms with Crippen LogP contribution in [0.3, 0.4) is 0 Å². The Hall–Kier alpha value is -2.48. The fourth-order valence-electron chi connectivity index (χ4n) is 3.66. The zero-order chi connectivity index (χ0) is 17.4. The number of hydrogen-bond acceptors (Lipinski definition) is 5. The van der Waals surface area contributed by atoms with Crippen LogP contribution in [0.25, 0.3) is 0 Å². The Bertz CT molecular complexity index is 848. The van der Waals surface area contributed by atoms with Crippen molar-refractivity contribution in [3.05, 3.63) is 50.8 Å². The van der Waals surface area contributed by atoms with E-state index in [0.717, 1.165) is 18.5 Å². The Balaban J connectivity index is 1.58. The maximum absolute atomic E-state index is 12.8. The molecule has 2 bridgehead atoms. The first-order chi connectivity index (χ1) is 12.1. The van der Waals surface area contributed by atoms with Crippen molar-refractivity contribution in [2.45, 2.75) is 25.4 Å². The second-order valence-electron chi connectivity index (χ2n) is 6.50. The minimum Gasteiger partial charge on any atom is -0.336 e. The highest BCUT2D eigenvalue weighted by atomic mass is 32.1. The van der Waals surface area contributed by atoms with E-state index in [1.807, 2.05) is 10.3 Å². The molecule has 0 radical (unpaired) electrons. The van der Waals surface area contributed by atoms with Gasteiger partial charge in [-0.05, 0) is 25.0 Å². The van der Waals surface area contributed by atoms with E-state index in [1.54, 1.807) is 16.5 Å². The van der Waals surface area contributed by atoms with Gasteiger partial charge in [0.05, 0.1) is 23.7 Å². The highest BCUT2D eigenvalue weighted by molar-refractivity contribution is 7.07. The number of aromatic amines is 1. The first kappa shape index (κ1) is 16.0. The van der Waals surface area contributed by atoms with Crippen LogP contribution in [0.5, 0.6) is 0 Å². The maximum atomic E-state index is 12.8. The number of nitrogens with zero attached hydrogens (tertiary/aromatic N) is 3. The smallest absolute Gasteiger partial charge is 0.260 e. The largest absolute Gasteiger partial charge is 0.336 e. The second kappa shape index (κ2) is 6.44. The number of piperidine rings is 1. The van der Waals surface area contributed by atoms with Gasteiger partial charge in [0.1, 0.15) is 5.56 Å². The van der Waals surface area contributed by atoms with Gasteiger partial charge in [-0.25, -0.2) is 4.98 Å². The number of thiazole rings is 1. The van der Waals surface area contributed by atoms with Crippen LogP contribution in [0.15, 0.2) is 34.0 Å². The highest BCUT2D eigenvalue weighted by Gasteiger charge is 2.42. The molecule has 5 heterocycles. The van der Waals surface area contributed by atoms with E-state index in [0.29, 0.717) is 19.6 Å². The number of rotatable bonds is 3. The summed E-state index contributed by atoms with van der Waals surface area (Å²) < 4.78 is 0. The number of carbonyl (C=O) groups excluding carboxylic acids is 2. The molecule has 5 rings (SSSR count). The number of amides is 2. The SMILES string of the molecule is O=C(c1ccc[nH]c1=O)N1C[C@@H]2CC[C@H](C1)N(Cc1cscn1)C2=O.